The van der Waals surface area contributed by atoms with Crippen molar-refractivity contribution >= 4 is 44.6 Å². The summed E-state index contributed by atoms with van der Waals surface area (Å²) in [6, 6.07) is 19.0. The number of carbonyl (C=O) groups is 3. The van der Waals surface area contributed by atoms with E-state index in [4.69, 9.17) is 4.42 Å². The molecule has 0 spiro atoms. The highest BCUT2D eigenvalue weighted by atomic mass is 79.9. The van der Waals surface area contributed by atoms with Crippen LogP contribution in [0.2, 0.25) is 0 Å². The first-order valence-electron chi connectivity index (χ1n) is 9.58. The number of benzene rings is 2. The van der Waals surface area contributed by atoms with Gasteiger partial charge in [-0.15, -0.1) is 0 Å². The largest absolute Gasteiger partial charge is 0.463 e. The molecule has 9 heteroatoms. The van der Waals surface area contributed by atoms with Gasteiger partial charge in [-0.05, 0) is 48.5 Å². The van der Waals surface area contributed by atoms with Crippen molar-refractivity contribution in [3.8, 4) is 11.5 Å². The van der Waals surface area contributed by atoms with Gasteiger partial charge in [0.15, 0.2) is 5.76 Å². The first kappa shape index (κ1) is 21.3. The molecule has 160 valence electrons. The van der Waals surface area contributed by atoms with Crippen molar-refractivity contribution in [2.45, 2.75) is 0 Å². The Hall–Kier alpha value is -3.98. The molecule has 0 saturated carbocycles. The lowest BCUT2D eigenvalue weighted by Crippen LogP contribution is -2.46. The summed E-state index contributed by atoms with van der Waals surface area (Å²) in [4.78, 5) is 41.5. The molecule has 0 aliphatic carbocycles. The van der Waals surface area contributed by atoms with Crippen molar-refractivity contribution in [3.63, 3.8) is 0 Å². The number of hydrogen-bond donors (Lipinski definition) is 3. The maximum Gasteiger partial charge on any atom is 0.270 e. The normalized spacial score (nSPS) is 10.5. The second-order valence-corrected chi connectivity index (χ2v) is 7.66. The van der Waals surface area contributed by atoms with Gasteiger partial charge in [0.1, 0.15) is 5.69 Å². The lowest BCUT2D eigenvalue weighted by molar-refractivity contribution is -0.120. The number of carbonyl (C=O) groups excluding carboxylic acids is 3. The summed E-state index contributed by atoms with van der Waals surface area (Å²) in [7, 11) is 0. The molecule has 32 heavy (non-hydrogen) atoms. The molecule has 0 fully saturated rings. The molecule has 2 aromatic heterocycles. The molecule has 0 aliphatic heterocycles. The molecule has 2 heterocycles. The molecular weight excluding hydrogens is 476 g/mol. The SMILES string of the molecule is O=C(CNC(=O)c1ccc(Br)cc1)NNC(=O)c1cc(-c2ccco2)nc2ccccc12. The Morgan fingerprint density at radius 1 is 0.906 bits per heavy atom. The number of fused-ring (bicyclic) bond motifs is 1. The van der Waals surface area contributed by atoms with Gasteiger partial charge in [0.2, 0.25) is 0 Å². The lowest BCUT2D eigenvalue weighted by atomic mass is 10.1. The summed E-state index contributed by atoms with van der Waals surface area (Å²) in [5, 5.41) is 3.12. The standard InChI is InChI=1S/C23H17BrN4O4/c24-15-9-7-14(8-10-15)22(30)25-13-21(29)27-28-23(31)17-12-19(20-6-3-11-32-20)26-18-5-2-1-4-16(17)18/h1-12H,13H2,(H,25,30)(H,27,29)(H,28,31). The number of para-hydroxylation sites is 1. The summed E-state index contributed by atoms with van der Waals surface area (Å²) >= 11 is 3.30. The number of halogens is 1. The van der Waals surface area contributed by atoms with E-state index < -0.39 is 17.7 Å². The summed E-state index contributed by atoms with van der Waals surface area (Å²) in [6.45, 7) is -0.302. The molecule has 8 nitrogen and oxygen atoms in total. The van der Waals surface area contributed by atoms with Crippen LogP contribution < -0.4 is 16.2 Å². The van der Waals surface area contributed by atoms with Gasteiger partial charge in [-0.25, -0.2) is 4.98 Å². The predicted molar refractivity (Wildman–Crippen MR) is 122 cm³/mol. The zero-order chi connectivity index (χ0) is 22.5. The highest BCUT2D eigenvalue weighted by molar-refractivity contribution is 9.10. The number of furan rings is 1. The Bertz CT molecular complexity index is 1290. The van der Waals surface area contributed by atoms with E-state index in [9.17, 15) is 14.4 Å². The molecule has 0 radical (unpaired) electrons. The number of hydrogen-bond acceptors (Lipinski definition) is 5. The van der Waals surface area contributed by atoms with Gasteiger partial charge < -0.3 is 9.73 Å². The molecule has 2 aromatic carbocycles. The molecule has 3 amide bonds. The molecular formula is C23H17BrN4O4. The van der Waals surface area contributed by atoms with Crippen LogP contribution in [0.3, 0.4) is 0 Å². The summed E-state index contributed by atoms with van der Waals surface area (Å²) in [6.07, 6.45) is 1.52. The average Bonchev–Trinajstić information content (AvgIpc) is 3.36. The number of pyridine rings is 1. The van der Waals surface area contributed by atoms with E-state index in [1.807, 2.05) is 6.07 Å². The third-order valence-corrected chi connectivity index (χ3v) is 5.09. The fourth-order valence-corrected chi connectivity index (χ4v) is 3.28. The molecule has 3 N–H and O–H groups in total. The van der Waals surface area contributed by atoms with Crippen LogP contribution in [-0.4, -0.2) is 29.3 Å². The fourth-order valence-electron chi connectivity index (χ4n) is 3.02. The van der Waals surface area contributed by atoms with E-state index in [-0.39, 0.29) is 6.54 Å². The van der Waals surface area contributed by atoms with Gasteiger partial charge in [-0.3, -0.25) is 25.2 Å². The molecule has 0 saturated heterocycles. The second-order valence-electron chi connectivity index (χ2n) is 6.74. The van der Waals surface area contributed by atoms with E-state index in [2.05, 4.69) is 37.1 Å². The Labute approximate surface area is 191 Å². The third kappa shape index (κ3) is 4.84. The van der Waals surface area contributed by atoms with Gasteiger partial charge in [-0.1, -0.05) is 34.1 Å². The number of nitrogens with zero attached hydrogens (tertiary/aromatic N) is 1. The maximum atomic E-state index is 12.8. The van der Waals surface area contributed by atoms with Gasteiger partial charge in [0.05, 0.1) is 23.9 Å². The zero-order valence-electron chi connectivity index (χ0n) is 16.6. The van der Waals surface area contributed by atoms with Crippen LogP contribution in [0.15, 0.2) is 81.9 Å². The summed E-state index contributed by atoms with van der Waals surface area (Å²) < 4.78 is 6.23. The first-order chi connectivity index (χ1) is 15.5. The highest BCUT2D eigenvalue weighted by Crippen LogP contribution is 2.25. The van der Waals surface area contributed by atoms with Gasteiger partial charge in [0, 0.05) is 15.4 Å². The maximum absolute atomic E-state index is 12.8. The van der Waals surface area contributed by atoms with Crippen molar-refractivity contribution in [2.75, 3.05) is 6.54 Å². The van der Waals surface area contributed by atoms with Crippen molar-refractivity contribution in [2.24, 2.45) is 0 Å². The minimum atomic E-state index is -0.576. The average molecular weight is 493 g/mol. The summed E-state index contributed by atoms with van der Waals surface area (Å²) in [5.74, 6) is -0.982. The monoisotopic (exact) mass is 492 g/mol. The van der Waals surface area contributed by atoms with Gasteiger partial charge >= 0.3 is 0 Å². The molecule has 0 atom stereocenters. The Morgan fingerprint density at radius 3 is 2.44 bits per heavy atom. The smallest absolute Gasteiger partial charge is 0.270 e. The molecule has 4 rings (SSSR count). The van der Waals surface area contributed by atoms with E-state index >= 15 is 0 Å². The van der Waals surface area contributed by atoms with Crippen LogP contribution >= 0.6 is 15.9 Å². The van der Waals surface area contributed by atoms with Crippen LogP contribution in [0.5, 0.6) is 0 Å². The number of aromatic nitrogens is 1. The van der Waals surface area contributed by atoms with Crippen LogP contribution in [0.1, 0.15) is 20.7 Å². The van der Waals surface area contributed by atoms with Gasteiger partial charge in [-0.2, -0.15) is 0 Å². The lowest BCUT2D eigenvalue weighted by Gasteiger charge is -2.11. The molecule has 4 aromatic rings. The fraction of sp³-hybridized carbons (Fsp3) is 0.0435. The first-order valence-corrected chi connectivity index (χ1v) is 10.4. The number of hydrazine groups is 1. The minimum Gasteiger partial charge on any atom is -0.463 e. The van der Waals surface area contributed by atoms with Crippen LogP contribution in [0.25, 0.3) is 22.4 Å². The van der Waals surface area contributed by atoms with E-state index in [1.54, 1.807) is 60.7 Å². The highest BCUT2D eigenvalue weighted by Gasteiger charge is 2.16. The molecule has 0 unspecified atom stereocenters. The Balaban J connectivity index is 1.42. The number of amides is 3. The second kappa shape index (κ2) is 9.44. The van der Waals surface area contributed by atoms with E-state index in [0.717, 1.165) is 4.47 Å². The zero-order valence-corrected chi connectivity index (χ0v) is 18.2. The topological polar surface area (TPSA) is 113 Å². The molecule has 0 aliphatic rings. The van der Waals surface area contributed by atoms with E-state index in [0.29, 0.717) is 33.5 Å². The van der Waals surface area contributed by atoms with Crippen molar-refractivity contribution in [1.82, 2.24) is 21.2 Å². The van der Waals surface area contributed by atoms with Crippen molar-refractivity contribution in [1.29, 1.82) is 0 Å². The Kier molecular flexibility index (Phi) is 6.27. The Morgan fingerprint density at radius 2 is 1.69 bits per heavy atom. The van der Waals surface area contributed by atoms with Crippen LogP contribution in [0, 0.1) is 0 Å². The van der Waals surface area contributed by atoms with Crippen molar-refractivity contribution in [3.05, 3.63) is 88.6 Å². The number of rotatable bonds is 5. The summed E-state index contributed by atoms with van der Waals surface area (Å²) in [5.41, 5.74) is 6.53. The molecule has 0 bridgehead atoms. The van der Waals surface area contributed by atoms with Crippen molar-refractivity contribution < 1.29 is 18.8 Å². The van der Waals surface area contributed by atoms with Crippen LogP contribution in [0.4, 0.5) is 0 Å². The number of nitrogens with one attached hydrogen (secondary N) is 3. The van der Waals surface area contributed by atoms with E-state index in [1.165, 1.54) is 6.26 Å². The third-order valence-electron chi connectivity index (χ3n) is 4.57. The van der Waals surface area contributed by atoms with Crippen LogP contribution in [-0.2, 0) is 4.79 Å². The minimum absolute atomic E-state index is 0.302. The van der Waals surface area contributed by atoms with Gasteiger partial charge in [0.25, 0.3) is 17.7 Å². The quantitative estimate of drug-likeness (QED) is 0.369. The predicted octanol–water partition coefficient (Wildman–Crippen LogP) is 3.45.